The van der Waals surface area contributed by atoms with Gasteiger partial charge >= 0.3 is 0 Å². The molecule has 0 fully saturated rings. The zero-order chi connectivity index (χ0) is 15.9. The fraction of sp³-hybridized carbons (Fsp3) is 0.316. The first kappa shape index (κ1) is 16.1. The normalized spacial score (nSPS) is 10.3. The first-order valence-electron chi connectivity index (χ1n) is 7.78. The van der Waals surface area contributed by atoms with Crippen molar-refractivity contribution in [2.75, 3.05) is 17.2 Å². The highest BCUT2D eigenvalue weighted by atomic mass is 16.1. The van der Waals surface area contributed by atoms with Crippen molar-refractivity contribution >= 4 is 17.3 Å². The molecule has 2 N–H and O–H groups in total. The van der Waals surface area contributed by atoms with Crippen molar-refractivity contribution < 1.29 is 4.79 Å². The lowest BCUT2D eigenvalue weighted by Gasteiger charge is -2.09. The van der Waals surface area contributed by atoms with Gasteiger partial charge < -0.3 is 10.6 Å². The van der Waals surface area contributed by atoms with Crippen molar-refractivity contribution in [3.8, 4) is 0 Å². The monoisotopic (exact) mass is 296 g/mol. The molecule has 0 saturated heterocycles. The topological polar surface area (TPSA) is 41.1 Å². The van der Waals surface area contributed by atoms with Crippen LogP contribution in [0.4, 0.5) is 11.4 Å². The zero-order valence-electron chi connectivity index (χ0n) is 13.6. The Balaban J connectivity index is 1.78. The summed E-state index contributed by atoms with van der Waals surface area (Å²) in [5, 5.41) is 6.21. The quantitative estimate of drug-likeness (QED) is 0.834. The molecular formula is C19H24N2O. The number of hydrogen-bond acceptors (Lipinski definition) is 2. The van der Waals surface area contributed by atoms with Gasteiger partial charge in [0.1, 0.15) is 0 Å². The Labute approximate surface area is 132 Å². The van der Waals surface area contributed by atoms with Crippen LogP contribution in [0.15, 0.2) is 42.5 Å². The molecule has 3 nitrogen and oxygen atoms in total. The van der Waals surface area contributed by atoms with Gasteiger partial charge in [-0.2, -0.15) is 0 Å². The summed E-state index contributed by atoms with van der Waals surface area (Å²) in [6, 6.07) is 14.2. The molecule has 0 heterocycles. The van der Waals surface area contributed by atoms with Gasteiger partial charge in [0.25, 0.3) is 0 Å². The number of aryl methyl sites for hydroxylation is 3. The third kappa shape index (κ3) is 4.62. The van der Waals surface area contributed by atoms with Crippen LogP contribution in [0.3, 0.4) is 0 Å². The van der Waals surface area contributed by atoms with Crippen LogP contribution in [-0.4, -0.2) is 12.5 Å². The number of benzene rings is 2. The third-order valence-electron chi connectivity index (χ3n) is 3.83. The van der Waals surface area contributed by atoms with E-state index in [1.54, 1.807) is 0 Å². The van der Waals surface area contributed by atoms with Crippen LogP contribution >= 0.6 is 0 Å². The number of hydrogen-bond donors (Lipinski definition) is 2. The van der Waals surface area contributed by atoms with Crippen molar-refractivity contribution in [2.45, 2.75) is 33.6 Å². The van der Waals surface area contributed by atoms with Gasteiger partial charge in [0, 0.05) is 24.3 Å². The number of amides is 1. The van der Waals surface area contributed by atoms with Gasteiger partial charge in [-0.3, -0.25) is 4.79 Å². The molecule has 2 aromatic rings. The summed E-state index contributed by atoms with van der Waals surface area (Å²) in [5.74, 6) is 0.0283. The summed E-state index contributed by atoms with van der Waals surface area (Å²) in [5.41, 5.74) is 5.72. The molecule has 0 aliphatic carbocycles. The third-order valence-corrected chi connectivity index (χ3v) is 3.83. The van der Waals surface area contributed by atoms with Crippen LogP contribution in [-0.2, 0) is 11.2 Å². The molecule has 0 saturated carbocycles. The molecule has 0 bridgehead atoms. The standard InChI is InChI=1S/C19H24N2O/c1-4-16-6-9-17(10-7-16)21-19(22)11-12-20-18-8-5-14(2)15(3)13-18/h5-10,13,20H,4,11-12H2,1-3H3,(H,21,22). The maximum Gasteiger partial charge on any atom is 0.226 e. The van der Waals surface area contributed by atoms with Crippen LogP contribution in [0, 0.1) is 13.8 Å². The minimum atomic E-state index is 0.0283. The SMILES string of the molecule is CCc1ccc(NC(=O)CCNc2ccc(C)c(C)c2)cc1. The van der Waals surface area contributed by atoms with E-state index in [2.05, 4.69) is 43.5 Å². The predicted octanol–water partition coefficient (Wildman–Crippen LogP) is 4.31. The van der Waals surface area contributed by atoms with E-state index in [1.165, 1.54) is 16.7 Å². The van der Waals surface area contributed by atoms with E-state index < -0.39 is 0 Å². The molecule has 0 aromatic heterocycles. The van der Waals surface area contributed by atoms with Crippen LogP contribution in [0.1, 0.15) is 30.0 Å². The Kier molecular flexibility index (Phi) is 5.59. The summed E-state index contributed by atoms with van der Waals surface area (Å²) in [4.78, 5) is 11.9. The second-order valence-electron chi connectivity index (χ2n) is 5.57. The second kappa shape index (κ2) is 7.64. The molecule has 0 unspecified atom stereocenters. The number of carbonyl (C=O) groups is 1. The summed E-state index contributed by atoms with van der Waals surface area (Å²) in [7, 11) is 0. The van der Waals surface area contributed by atoms with Crippen LogP contribution in [0.25, 0.3) is 0 Å². The molecule has 1 amide bonds. The summed E-state index contributed by atoms with van der Waals surface area (Å²) < 4.78 is 0. The van der Waals surface area contributed by atoms with E-state index in [4.69, 9.17) is 0 Å². The predicted molar refractivity (Wildman–Crippen MR) is 93.5 cm³/mol. The molecule has 22 heavy (non-hydrogen) atoms. The number of nitrogens with one attached hydrogen (secondary N) is 2. The highest BCUT2D eigenvalue weighted by Crippen LogP contribution is 2.14. The zero-order valence-corrected chi connectivity index (χ0v) is 13.6. The average molecular weight is 296 g/mol. The molecule has 0 spiro atoms. The van der Waals surface area contributed by atoms with E-state index in [0.717, 1.165) is 17.8 Å². The molecule has 2 aromatic carbocycles. The van der Waals surface area contributed by atoms with E-state index in [0.29, 0.717) is 13.0 Å². The van der Waals surface area contributed by atoms with Crippen molar-refractivity contribution in [2.24, 2.45) is 0 Å². The van der Waals surface area contributed by atoms with Crippen molar-refractivity contribution in [3.05, 3.63) is 59.2 Å². The number of rotatable bonds is 6. The first-order valence-corrected chi connectivity index (χ1v) is 7.78. The highest BCUT2D eigenvalue weighted by Gasteiger charge is 2.03. The molecule has 0 radical (unpaired) electrons. The Bertz CT molecular complexity index is 632. The van der Waals surface area contributed by atoms with Crippen LogP contribution in [0.2, 0.25) is 0 Å². The Morgan fingerprint density at radius 3 is 2.27 bits per heavy atom. The molecule has 0 aliphatic heterocycles. The fourth-order valence-electron chi connectivity index (χ4n) is 2.22. The van der Waals surface area contributed by atoms with Crippen LogP contribution < -0.4 is 10.6 Å². The minimum absolute atomic E-state index is 0.0283. The molecular weight excluding hydrogens is 272 g/mol. The first-order chi connectivity index (χ1) is 10.6. The minimum Gasteiger partial charge on any atom is -0.385 e. The number of carbonyl (C=O) groups excluding carboxylic acids is 1. The smallest absolute Gasteiger partial charge is 0.226 e. The van der Waals surface area contributed by atoms with Gasteiger partial charge in [0.15, 0.2) is 0 Å². The average Bonchev–Trinajstić information content (AvgIpc) is 2.51. The maximum absolute atomic E-state index is 11.9. The Hall–Kier alpha value is -2.29. The van der Waals surface area contributed by atoms with Gasteiger partial charge in [0.2, 0.25) is 5.91 Å². The summed E-state index contributed by atoms with van der Waals surface area (Å²) in [6.07, 6.45) is 1.45. The Morgan fingerprint density at radius 1 is 0.955 bits per heavy atom. The van der Waals surface area contributed by atoms with Crippen molar-refractivity contribution in [1.82, 2.24) is 0 Å². The molecule has 116 valence electrons. The van der Waals surface area contributed by atoms with E-state index in [-0.39, 0.29) is 5.91 Å². The molecule has 3 heteroatoms. The van der Waals surface area contributed by atoms with Gasteiger partial charge in [0.05, 0.1) is 0 Å². The van der Waals surface area contributed by atoms with E-state index >= 15 is 0 Å². The van der Waals surface area contributed by atoms with Crippen molar-refractivity contribution in [3.63, 3.8) is 0 Å². The molecule has 0 atom stereocenters. The lowest BCUT2D eigenvalue weighted by Crippen LogP contribution is -2.16. The number of anilines is 2. The van der Waals surface area contributed by atoms with Gasteiger partial charge in [-0.25, -0.2) is 0 Å². The highest BCUT2D eigenvalue weighted by molar-refractivity contribution is 5.91. The summed E-state index contributed by atoms with van der Waals surface area (Å²) in [6.45, 7) is 6.93. The van der Waals surface area contributed by atoms with E-state index in [1.807, 2.05) is 30.3 Å². The summed E-state index contributed by atoms with van der Waals surface area (Å²) >= 11 is 0. The van der Waals surface area contributed by atoms with Gasteiger partial charge in [-0.05, 0) is 61.2 Å². The molecule has 2 rings (SSSR count). The maximum atomic E-state index is 11.9. The lowest BCUT2D eigenvalue weighted by atomic mass is 10.1. The Morgan fingerprint density at radius 2 is 1.64 bits per heavy atom. The molecule has 0 aliphatic rings. The van der Waals surface area contributed by atoms with Gasteiger partial charge in [-0.15, -0.1) is 0 Å². The van der Waals surface area contributed by atoms with Crippen molar-refractivity contribution in [1.29, 1.82) is 0 Å². The largest absolute Gasteiger partial charge is 0.385 e. The van der Waals surface area contributed by atoms with E-state index in [9.17, 15) is 4.79 Å². The fourth-order valence-corrected chi connectivity index (χ4v) is 2.22. The van der Waals surface area contributed by atoms with Gasteiger partial charge in [-0.1, -0.05) is 25.1 Å². The second-order valence-corrected chi connectivity index (χ2v) is 5.57. The lowest BCUT2D eigenvalue weighted by molar-refractivity contribution is -0.115. The van der Waals surface area contributed by atoms with Crippen LogP contribution in [0.5, 0.6) is 0 Å².